The fraction of sp³-hybridized carbons (Fsp3) is 0.800. The molecule has 0 saturated carbocycles. The molecule has 2 rings (SSSR count). The van der Waals surface area contributed by atoms with E-state index in [1.54, 1.807) is 6.08 Å². The van der Waals surface area contributed by atoms with Crippen molar-refractivity contribution in [1.29, 1.82) is 0 Å². The van der Waals surface area contributed by atoms with Gasteiger partial charge in [-0.3, -0.25) is 4.90 Å². The van der Waals surface area contributed by atoms with Crippen LogP contribution in [0.25, 0.3) is 0 Å². The van der Waals surface area contributed by atoms with Gasteiger partial charge in [0.2, 0.25) is 0 Å². The second-order valence-corrected chi connectivity index (χ2v) is 4.03. The summed E-state index contributed by atoms with van der Waals surface area (Å²) in [6, 6.07) is 0. The van der Waals surface area contributed by atoms with E-state index in [1.807, 2.05) is 0 Å². The summed E-state index contributed by atoms with van der Waals surface area (Å²) >= 11 is 0. The van der Waals surface area contributed by atoms with Gasteiger partial charge in [0, 0.05) is 13.1 Å². The Labute approximate surface area is 78.8 Å². The lowest BCUT2D eigenvalue weighted by Crippen LogP contribution is -2.44. The highest BCUT2D eigenvalue weighted by molar-refractivity contribution is 4.99. The van der Waals surface area contributed by atoms with Crippen molar-refractivity contribution in [3.8, 4) is 0 Å². The Morgan fingerprint density at radius 3 is 3.00 bits per heavy atom. The second kappa shape index (κ2) is 4.20. The normalized spacial score (nSPS) is 25.5. The molecule has 2 aliphatic heterocycles. The van der Waals surface area contributed by atoms with Crippen molar-refractivity contribution < 1.29 is 4.39 Å². The first-order chi connectivity index (χ1) is 6.34. The first-order valence-electron chi connectivity index (χ1n) is 5.12. The Morgan fingerprint density at radius 1 is 1.54 bits per heavy atom. The zero-order valence-corrected chi connectivity index (χ0v) is 7.93. The molecule has 0 atom stereocenters. The van der Waals surface area contributed by atoms with Crippen molar-refractivity contribution >= 4 is 0 Å². The highest BCUT2D eigenvalue weighted by Gasteiger charge is 2.18. The number of halogens is 1. The van der Waals surface area contributed by atoms with E-state index in [9.17, 15) is 4.39 Å². The number of nitrogens with zero attached hydrogens (tertiary/aromatic N) is 1. The van der Waals surface area contributed by atoms with Crippen LogP contribution in [0.15, 0.2) is 11.9 Å². The Bertz CT molecular complexity index is 199. The third-order valence-corrected chi connectivity index (χ3v) is 2.91. The van der Waals surface area contributed by atoms with Crippen LogP contribution < -0.4 is 5.32 Å². The molecular formula is C10H17FN2. The monoisotopic (exact) mass is 184 g/mol. The smallest absolute Gasteiger partial charge is 0.110 e. The van der Waals surface area contributed by atoms with Gasteiger partial charge >= 0.3 is 0 Å². The van der Waals surface area contributed by atoms with E-state index in [0.29, 0.717) is 6.54 Å². The summed E-state index contributed by atoms with van der Waals surface area (Å²) in [6.07, 6.45) is 3.82. The maximum atomic E-state index is 12.9. The van der Waals surface area contributed by atoms with Crippen LogP contribution in [0.2, 0.25) is 0 Å². The van der Waals surface area contributed by atoms with Crippen molar-refractivity contribution in [3.63, 3.8) is 0 Å². The summed E-state index contributed by atoms with van der Waals surface area (Å²) in [7, 11) is 0. The lowest BCUT2D eigenvalue weighted by Gasteiger charge is -2.31. The zero-order chi connectivity index (χ0) is 9.10. The van der Waals surface area contributed by atoms with Crippen LogP contribution >= 0.6 is 0 Å². The van der Waals surface area contributed by atoms with Crippen molar-refractivity contribution in [2.75, 3.05) is 32.7 Å². The van der Waals surface area contributed by atoms with E-state index in [2.05, 4.69) is 10.2 Å². The summed E-state index contributed by atoms with van der Waals surface area (Å²) in [5.41, 5.74) is 0. The third-order valence-electron chi connectivity index (χ3n) is 2.91. The standard InChI is InChI=1S/C10H17FN2/c11-10-2-1-4-13(8-10)5-3-9-6-12-7-9/h2,9,12H,1,3-8H2. The van der Waals surface area contributed by atoms with E-state index in [-0.39, 0.29) is 5.83 Å². The summed E-state index contributed by atoms with van der Waals surface area (Å²) in [4.78, 5) is 2.22. The maximum absolute atomic E-state index is 12.9. The molecule has 1 saturated heterocycles. The molecule has 0 aliphatic carbocycles. The van der Waals surface area contributed by atoms with Crippen molar-refractivity contribution in [2.24, 2.45) is 5.92 Å². The van der Waals surface area contributed by atoms with Crippen LogP contribution in [0.5, 0.6) is 0 Å². The quantitative estimate of drug-likeness (QED) is 0.708. The highest BCUT2D eigenvalue weighted by Crippen LogP contribution is 2.14. The highest BCUT2D eigenvalue weighted by atomic mass is 19.1. The SMILES string of the molecule is FC1=CCCN(CCC2CNC2)C1. The molecule has 2 heterocycles. The largest absolute Gasteiger partial charge is 0.316 e. The van der Waals surface area contributed by atoms with Crippen molar-refractivity contribution in [3.05, 3.63) is 11.9 Å². The molecular weight excluding hydrogens is 167 g/mol. The molecule has 0 spiro atoms. The molecule has 2 aliphatic rings. The molecule has 13 heavy (non-hydrogen) atoms. The number of rotatable bonds is 3. The minimum Gasteiger partial charge on any atom is -0.316 e. The molecule has 0 unspecified atom stereocenters. The molecule has 3 heteroatoms. The molecule has 1 N–H and O–H groups in total. The summed E-state index contributed by atoms with van der Waals surface area (Å²) in [5, 5.41) is 3.25. The van der Waals surface area contributed by atoms with E-state index in [1.165, 1.54) is 6.42 Å². The number of hydrogen-bond acceptors (Lipinski definition) is 2. The molecule has 0 aromatic rings. The predicted molar refractivity (Wildman–Crippen MR) is 51.2 cm³/mol. The van der Waals surface area contributed by atoms with E-state index in [0.717, 1.165) is 38.5 Å². The average molecular weight is 184 g/mol. The van der Waals surface area contributed by atoms with Gasteiger partial charge in [-0.15, -0.1) is 0 Å². The second-order valence-electron chi connectivity index (χ2n) is 4.03. The van der Waals surface area contributed by atoms with Crippen LogP contribution in [0.4, 0.5) is 4.39 Å². The zero-order valence-electron chi connectivity index (χ0n) is 7.93. The average Bonchev–Trinajstić information content (AvgIpc) is 2.01. The van der Waals surface area contributed by atoms with E-state index in [4.69, 9.17) is 0 Å². The van der Waals surface area contributed by atoms with Crippen LogP contribution in [0.3, 0.4) is 0 Å². The van der Waals surface area contributed by atoms with Crippen LogP contribution in [0.1, 0.15) is 12.8 Å². The van der Waals surface area contributed by atoms with Gasteiger partial charge in [-0.2, -0.15) is 0 Å². The molecule has 74 valence electrons. The van der Waals surface area contributed by atoms with E-state index >= 15 is 0 Å². The van der Waals surface area contributed by atoms with Gasteiger partial charge in [0.15, 0.2) is 0 Å². The first kappa shape index (κ1) is 9.16. The van der Waals surface area contributed by atoms with Gasteiger partial charge in [0.25, 0.3) is 0 Å². The van der Waals surface area contributed by atoms with Crippen LogP contribution in [-0.2, 0) is 0 Å². The fourth-order valence-electron chi connectivity index (χ4n) is 1.87. The van der Waals surface area contributed by atoms with Crippen molar-refractivity contribution in [1.82, 2.24) is 10.2 Å². The maximum Gasteiger partial charge on any atom is 0.110 e. The predicted octanol–water partition coefficient (Wildman–Crippen LogP) is 1.16. The molecule has 0 radical (unpaired) electrons. The van der Waals surface area contributed by atoms with Crippen molar-refractivity contribution in [2.45, 2.75) is 12.8 Å². The first-order valence-corrected chi connectivity index (χ1v) is 5.12. The van der Waals surface area contributed by atoms with Gasteiger partial charge < -0.3 is 5.32 Å². The Kier molecular flexibility index (Phi) is 2.96. The van der Waals surface area contributed by atoms with Gasteiger partial charge in [-0.1, -0.05) is 6.08 Å². The molecule has 0 aromatic carbocycles. The van der Waals surface area contributed by atoms with Crippen LogP contribution in [-0.4, -0.2) is 37.6 Å². The van der Waals surface area contributed by atoms with Gasteiger partial charge in [0.1, 0.15) is 5.83 Å². The molecule has 0 bridgehead atoms. The lowest BCUT2D eigenvalue weighted by atomic mass is 9.99. The summed E-state index contributed by atoms with van der Waals surface area (Å²) in [5.74, 6) is 0.895. The van der Waals surface area contributed by atoms with Gasteiger partial charge in [-0.05, 0) is 38.4 Å². The minimum atomic E-state index is 0.0537. The lowest BCUT2D eigenvalue weighted by molar-refractivity contribution is 0.223. The molecule has 0 amide bonds. The molecule has 2 nitrogen and oxygen atoms in total. The Morgan fingerprint density at radius 2 is 2.38 bits per heavy atom. The molecule has 1 fully saturated rings. The third kappa shape index (κ3) is 2.51. The topological polar surface area (TPSA) is 15.3 Å². The van der Waals surface area contributed by atoms with Gasteiger partial charge in [0.05, 0.1) is 0 Å². The van der Waals surface area contributed by atoms with Crippen LogP contribution in [0, 0.1) is 5.92 Å². The number of nitrogens with one attached hydrogen (secondary N) is 1. The van der Waals surface area contributed by atoms with Gasteiger partial charge in [-0.25, -0.2) is 4.39 Å². The Hall–Kier alpha value is -0.410. The fourth-order valence-corrected chi connectivity index (χ4v) is 1.87. The van der Waals surface area contributed by atoms with E-state index < -0.39 is 0 Å². The summed E-state index contributed by atoms with van der Waals surface area (Å²) < 4.78 is 12.9. The molecule has 0 aromatic heterocycles. The minimum absolute atomic E-state index is 0.0537. The Balaban J connectivity index is 1.66. The number of hydrogen-bond donors (Lipinski definition) is 1. The summed E-state index contributed by atoms with van der Waals surface area (Å²) in [6.45, 7) is 4.96.